The van der Waals surface area contributed by atoms with Crippen LogP contribution < -0.4 is 3.79 Å². The molecule has 0 aliphatic carbocycles. The van der Waals surface area contributed by atoms with E-state index in [1.807, 2.05) is 36.7 Å². The van der Waals surface area contributed by atoms with Crippen LogP contribution >= 0.6 is 0 Å². The SMILES string of the molecule is C[CH2][Al]([CH2]c1cccc2cccnc12)[O]c1cccc2cccnc12. The summed E-state index contributed by atoms with van der Waals surface area (Å²) >= 11 is -1.46. The molecule has 0 fully saturated rings. The fourth-order valence-corrected chi connectivity index (χ4v) is 5.11. The van der Waals surface area contributed by atoms with Crippen molar-refractivity contribution in [2.24, 2.45) is 0 Å². The van der Waals surface area contributed by atoms with Gasteiger partial charge in [-0.2, -0.15) is 0 Å². The number of rotatable bonds is 5. The van der Waals surface area contributed by atoms with E-state index < -0.39 is 14.5 Å². The Bertz CT molecular complexity index is 927. The molecule has 2 aromatic carbocycles. The second-order valence-electron chi connectivity index (χ2n) is 6.18. The largest absolute Gasteiger partial charge is 0.641 e. The Hall–Kier alpha value is -2.41. The summed E-state index contributed by atoms with van der Waals surface area (Å²) in [4.78, 5) is 9.09. The van der Waals surface area contributed by atoms with Gasteiger partial charge in [-0.1, -0.05) is 54.7 Å². The van der Waals surface area contributed by atoms with Crippen LogP contribution in [0, 0.1) is 0 Å². The predicted molar refractivity (Wildman–Crippen MR) is 104 cm³/mol. The third kappa shape index (κ3) is 3.37. The summed E-state index contributed by atoms with van der Waals surface area (Å²) in [5.41, 5.74) is 3.33. The van der Waals surface area contributed by atoms with Gasteiger partial charge in [-0.05, 0) is 29.0 Å². The molecule has 0 bridgehead atoms. The molecule has 2 aromatic heterocycles. The molecule has 0 radical (unpaired) electrons. The van der Waals surface area contributed by atoms with Gasteiger partial charge in [0.05, 0.1) is 5.52 Å². The molecule has 3 nitrogen and oxygen atoms in total. The van der Waals surface area contributed by atoms with Crippen molar-refractivity contribution in [3.63, 3.8) is 0 Å². The fraction of sp³-hybridized carbons (Fsp3) is 0.143. The Morgan fingerprint density at radius 1 is 0.800 bits per heavy atom. The van der Waals surface area contributed by atoms with Gasteiger partial charge >= 0.3 is 14.5 Å². The van der Waals surface area contributed by atoms with Crippen molar-refractivity contribution in [2.75, 3.05) is 0 Å². The monoisotopic (exact) mass is 342 g/mol. The van der Waals surface area contributed by atoms with E-state index in [2.05, 4.69) is 53.3 Å². The Balaban J connectivity index is 1.64. The summed E-state index contributed by atoms with van der Waals surface area (Å²) in [6, 6.07) is 20.7. The van der Waals surface area contributed by atoms with Crippen LogP contribution in [0.5, 0.6) is 5.75 Å². The van der Waals surface area contributed by atoms with Crippen molar-refractivity contribution < 1.29 is 3.79 Å². The third-order valence-corrected chi connectivity index (χ3v) is 6.90. The summed E-state index contributed by atoms with van der Waals surface area (Å²) in [6.45, 7) is 2.22. The lowest BCUT2D eigenvalue weighted by Crippen LogP contribution is -2.24. The first kappa shape index (κ1) is 16.1. The zero-order chi connectivity index (χ0) is 17.1. The van der Waals surface area contributed by atoms with Crippen LogP contribution in [0.1, 0.15) is 12.5 Å². The highest BCUT2D eigenvalue weighted by molar-refractivity contribution is 6.52. The maximum Gasteiger partial charge on any atom is 0.551 e. The number of nitrogens with zero attached hydrogens (tertiary/aromatic N) is 2. The lowest BCUT2D eigenvalue weighted by molar-refractivity contribution is 0.569. The molecule has 4 aromatic rings. The van der Waals surface area contributed by atoms with Crippen molar-refractivity contribution in [3.8, 4) is 5.75 Å². The highest BCUT2D eigenvalue weighted by Crippen LogP contribution is 2.25. The van der Waals surface area contributed by atoms with Crippen LogP contribution in [-0.2, 0) is 5.28 Å². The molecule has 0 saturated carbocycles. The summed E-state index contributed by atoms with van der Waals surface area (Å²) in [5, 5.41) is 4.34. The quantitative estimate of drug-likeness (QED) is 0.481. The van der Waals surface area contributed by atoms with Crippen LogP contribution in [0.2, 0.25) is 5.28 Å². The predicted octanol–water partition coefficient (Wildman–Crippen LogP) is 4.96. The molecule has 2 heterocycles. The molecular formula is C21H19AlN2O. The van der Waals surface area contributed by atoms with Gasteiger partial charge in [0.2, 0.25) is 0 Å². The highest BCUT2D eigenvalue weighted by Gasteiger charge is 2.24. The van der Waals surface area contributed by atoms with Gasteiger partial charge < -0.3 is 3.79 Å². The van der Waals surface area contributed by atoms with E-state index in [1.54, 1.807) is 0 Å². The van der Waals surface area contributed by atoms with Gasteiger partial charge in [-0.25, -0.2) is 0 Å². The molecule has 4 heteroatoms. The first-order valence-electron chi connectivity index (χ1n) is 8.68. The van der Waals surface area contributed by atoms with Crippen LogP contribution in [0.25, 0.3) is 21.8 Å². The third-order valence-electron chi connectivity index (χ3n) is 4.51. The van der Waals surface area contributed by atoms with Crippen LogP contribution in [-0.4, -0.2) is 24.5 Å². The Morgan fingerprint density at radius 3 is 2.20 bits per heavy atom. The van der Waals surface area contributed by atoms with E-state index in [1.165, 1.54) is 10.9 Å². The Kier molecular flexibility index (Phi) is 4.65. The molecule has 0 amide bonds. The van der Waals surface area contributed by atoms with Gasteiger partial charge in [0, 0.05) is 23.2 Å². The number of hydrogen-bond donors (Lipinski definition) is 0. The topological polar surface area (TPSA) is 35.0 Å². The van der Waals surface area contributed by atoms with E-state index in [0.717, 1.165) is 32.7 Å². The molecule has 122 valence electrons. The summed E-state index contributed by atoms with van der Waals surface area (Å²) in [5.74, 6) is 0.907. The Labute approximate surface area is 152 Å². The molecule has 0 atom stereocenters. The second-order valence-corrected chi connectivity index (χ2v) is 8.88. The number of fused-ring (bicyclic) bond motifs is 2. The number of para-hydroxylation sites is 2. The standard InChI is InChI=1S/C10H8N.C9H7NO.C2H5.Al/c1-8-4-2-5-9-6-3-7-11-10(8)9;11-8-5-1-3-7-4-2-6-10-9(7)8;1-2;/h2-7H,1H2;1-6,11H;1H2,2H3;/q;;;+1/p-1. The number of aromatic nitrogens is 2. The number of benzene rings is 2. The molecule has 0 saturated heterocycles. The van der Waals surface area contributed by atoms with Crippen molar-refractivity contribution in [2.45, 2.75) is 17.5 Å². The average Bonchev–Trinajstić information content (AvgIpc) is 2.68. The van der Waals surface area contributed by atoms with Crippen molar-refractivity contribution in [1.82, 2.24) is 9.97 Å². The summed E-state index contributed by atoms with van der Waals surface area (Å²) in [7, 11) is 0. The summed E-state index contributed by atoms with van der Waals surface area (Å²) in [6.07, 6.45) is 3.69. The average molecular weight is 342 g/mol. The zero-order valence-corrected chi connectivity index (χ0v) is 15.4. The first-order valence-corrected chi connectivity index (χ1v) is 10.8. The van der Waals surface area contributed by atoms with E-state index in [4.69, 9.17) is 3.79 Å². The van der Waals surface area contributed by atoms with Crippen molar-refractivity contribution in [1.29, 1.82) is 0 Å². The second kappa shape index (κ2) is 7.23. The lowest BCUT2D eigenvalue weighted by atomic mass is 10.1. The smallest absolute Gasteiger partial charge is 0.551 e. The summed E-state index contributed by atoms with van der Waals surface area (Å²) < 4.78 is 6.48. The maximum absolute atomic E-state index is 6.48. The molecule has 25 heavy (non-hydrogen) atoms. The maximum atomic E-state index is 6.48. The number of hydrogen-bond acceptors (Lipinski definition) is 3. The van der Waals surface area contributed by atoms with Crippen molar-refractivity contribution in [3.05, 3.63) is 78.6 Å². The minimum absolute atomic E-state index is 0.907. The molecule has 0 N–H and O–H groups in total. The molecule has 0 aliphatic heterocycles. The van der Waals surface area contributed by atoms with Gasteiger partial charge in [-0.15, -0.1) is 0 Å². The van der Waals surface area contributed by atoms with Crippen LogP contribution in [0.3, 0.4) is 0 Å². The van der Waals surface area contributed by atoms with E-state index in [9.17, 15) is 0 Å². The number of pyridine rings is 2. The molecule has 0 spiro atoms. The highest BCUT2D eigenvalue weighted by atomic mass is 27.2. The van der Waals surface area contributed by atoms with Gasteiger partial charge in [0.25, 0.3) is 0 Å². The fourth-order valence-electron chi connectivity index (χ4n) is 3.20. The molecular weight excluding hydrogens is 323 g/mol. The molecule has 4 rings (SSSR count). The van der Waals surface area contributed by atoms with E-state index in [0.29, 0.717) is 0 Å². The minimum Gasteiger partial charge on any atom is -0.641 e. The van der Waals surface area contributed by atoms with Gasteiger partial charge in [-0.3, -0.25) is 9.97 Å². The Morgan fingerprint density at radius 2 is 1.44 bits per heavy atom. The van der Waals surface area contributed by atoms with E-state index >= 15 is 0 Å². The lowest BCUT2D eigenvalue weighted by Gasteiger charge is -2.16. The van der Waals surface area contributed by atoms with E-state index in [-0.39, 0.29) is 0 Å². The van der Waals surface area contributed by atoms with Crippen LogP contribution in [0.15, 0.2) is 73.1 Å². The van der Waals surface area contributed by atoms with Crippen LogP contribution in [0.4, 0.5) is 0 Å². The first-order chi connectivity index (χ1) is 12.3. The van der Waals surface area contributed by atoms with Gasteiger partial charge in [0.15, 0.2) is 0 Å². The van der Waals surface area contributed by atoms with Crippen molar-refractivity contribution >= 4 is 36.3 Å². The minimum atomic E-state index is -1.46. The molecule has 0 aliphatic rings. The molecule has 0 unspecified atom stereocenters. The van der Waals surface area contributed by atoms with Gasteiger partial charge in [0.1, 0.15) is 11.3 Å². The normalized spacial score (nSPS) is 10.9. The zero-order valence-electron chi connectivity index (χ0n) is 14.2.